The molecular weight excluding hydrogens is 354 g/mol. The predicted octanol–water partition coefficient (Wildman–Crippen LogP) is 5.20. The Balaban J connectivity index is 1.74. The molecule has 0 radical (unpaired) electrons. The topological polar surface area (TPSA) is 57.1 Å². The number of benzene rings is 1. The maximum atomic E-state index is 12.3. The zero-order valence-electron chi connectivity index (χ0n) is 17.6. The third kappa shape index (κ3) is 2.75. The van der Waals surface area contributed by atoms with Crippen molar-refractivity contribution in [1.82, 2.24) is 0 Å². The Labute approximate surface area is 166 Å². The van der Waals surface area contributed by atoms with Gasteiger partial charge in [0.15, 0.2) is 11.5 Å². The van der Waals surface area contributed by atoms with Gasteiger partial charge in [-0.15, -0.1) is 0 Å². The molecule has 0 unspecified atom stereocenters. The van der Waals surface area contributed by atoms with E-state index in [0.717, 1.165) is 35.6 Å². The summed E-state index contributed by atoms with van der Waals surface area (Å²) in [5, 5.41) is 4.43. The number of nitrogens with zero attached hydrogens (tertiary/aromatic N) is 1. The predicted molar refractivity (Wildman–Crippen MR) is 108 cm³/mol. The van der Waals surface area contributed by atoms with E-state index in [1.807, 2.05) is 39.0 Å². The smallest absolute Gasteiger partial charge is 0.340 e. The lowest BCUT2D eigenvalue weighted by Crippen LogP contribution is -2.33. The molecule has 2 aliphatic carbocycles. The molecule has 0 aromatic heterocycles. The molecule has 150 valence electrons. The van der Waals surface area contributed by atoms with Crippen LogP contribution in [0.5, 0.6) is 11.5 Å². The van der Waals surface area contributed by atoms with E-state index in [2.05, 4.69) is 32.0 Å². The monoisotopic (exact) mass is 383 g/mol. The highest BCUT2D eigenvalue weighted by atomic mass is 16.7. The van der Waals surface area contributed by atoms with Crippen LogP contribution in [0.1, 0.15) is 59.9 Å². The Kier molecular flexibility index (Phi) is 4.15. The number of hydrogen-bond acceptors (Lipinski definition) is 5. The zero-order chi connectivity index (χ0) is 20.3. The van der Waals surface area contributed by atoms with Crippen LogP contribution in [-0.4, -0.2) is 18.5 Å². The summed E-state index contributed by atoms with van der Waals surface area (Å²) in [6, 6.07) is 5.96. The number of rotatable bonds is 2. The Morgan fingerprint density at radius 1 is 1.21 bits per heavy atom. The Morgan fingerprint density at radius 3 is 2.64 bits per heavy atom. The zero-order valence-corrected chi connectivity index (χ0v) is 17.6. The Bertz CT molecular complexity index is 890. The second-order valence-corrected chi connectivity index (χ2v) is 9.93. The quantitative estimate of drug-likeness (QED) is 0.520. The van der Waals surface area contributed by atoms with Crippen molar-refractivity contribution in [2.45, 2.75) is 54.4 Å². The molecule has 0 N–H and O–H groups in total. The number of hydrogen-bond donors (Lipinski definition) is 0. The van der Waals surface area contributed by atoms with E-state index >= 15 is 0 Å². The van der Waals surface area contributed by atoms with Crippen LogP contribution in [0, 0.1) is 22.2 Å². The first kappa shape index (κ1) is 19.0. The molecule has 2 bridgehead atoms. The van der Waals surface area contributed by atoms with Gasteiger partial charge in [-0.1, -0.05) is 32.0 Å². The average molecular weight is 383 g/mol. The van der Waals surface area contributed by atoms with Crippen LogP contribution in [0.4, 0.5) is 0 Å². The van der Waals surface area contributed by atoms with Gasteiger partial charge in [0.1, 0.15) is 0 Å². The number of fused-ring (bicyclic) bond motifs is 3. The minimum atomic E-state index is -0.584. The molecule has 0 saturated heterocycles. The van der Waals surface area contributed by atoms with Crippen molar-refractivity contribution in [1.29, 1.82) is 0 Å². The first-order valence-corrected chi connectivity index (χ1v) is 9.95. The Morgan fingerprint density at radius 2 is 1.93 bits per heavy atom. The molecule has 1 aromatic carbocycles. The van der Waals surface area contributed by atoms with E-state index in [0.29, 0.717) is 5.92 Å². The highest BCUT2D eigenvalue weighted by Crippen LogP contribution is 2.66. The molecule has 2 saturated carbocycles. The second-order valence-electron chi connectivity index (χ2n) is 9.93. The summed E-state index contributed by atoms with van der Waals surface area (Å²) in [5.41, 5.74) is 2.48. The number of allylic oxidation sites excluding steroid dienone is 1. The third-order valence-corrected chi connectivity index (χ3v) is 6.95. The minimum absolute atomic E-state index is 0.0577. The lowest BCUT2D eigenvalue weighted by molar-refractivity contribution is -0.153. The molecular formula is C23H29NO4. The molecule has 28 heavy (non-hydrogen) atoms. The maximum absolute atomic E-state index is 12.3. The lowest BCUT2D eigenvalue weighted by atomic mass is 9.70. The van der Waals surface area contributed by atoms with Gasteiger partial charge in [-0.3, -0.25) is 0 Å². The number of carbonyl (C=O) groups is 1. The summed E-state index contributed by atoms with van der Waals surface area (Å²) >= 11 is 0. The fourth-order valence-corrected chi connectivity index (χ4v) is 4.68. The van der Waals surface area contributed by atoms with Gasteiger partial charge in [0.2, 0.25) is 6.79 Å². The van der Waals surface area contributed by atoms with Gasteiger partial charge in [-0.05, 0) is 74.3 Å². The van der Waals surface area contributed by atoms with Crippen molar-refractivity contribution in [3.8, 4) is 11.5 Å². The van der Waals surface area contributed by atoms with Crippen molar-refractivity contribution in [2.24, 2.45) is 27.3 Å². The minimum Gasteiger partial charge on any atom is -0.454 e. The van der Waals surface area contributed by atoms with E-state index in [-0.39, 0.29) is 23.6 Å². The standard InChI is InChI=1S/C23H29NO4/c1-21(2,3)20(25)28-24-19-15(16-9-10-23(19,6)22(16,4)5)11-14-7-8-17-18(12-14)27-13-26-17/h7-8,11-12,16H,9-10,13H2,1-6H3/b15-11+,24-19+/t16-,23-/m1/s1. The summed E-state index contributed by atoms with van der Waals surface area (Å²) in [5.74, 6) is 1.61. The van der Waals surface area contributed by atoms with Crippen LogP contribution < -0.4 is 9.47 Å². The van der Waals surface area contributed by atoms with Gasteiger partial charge in [0, 0.05) is 5.41 Å². The van der Waals surface area contributed by atoms with E-state index in [1.165, 1.54) is 5.57 Å². The van der Waals surface area contributed by atoms with E-state index in [9.17, 15) is 4.79 Å². The number of carbonyl (C=O) groups excluding carboxylic acids is 1. The van der Waals surface area contributed by atoms with Crippen molar-refractivity contribution in [3.63, 3.8) is 0 Å². The fraction of sp³-hybridized carbons (Fsp3) is 0.565. The first-order valence-electron chi connectivity index (χ1n) is 9.95. The summed E-state index contributed by atoms with van der Waals surface area (Å²) in [6.07, 6.45) is 4.34. The molecule has 5 nitrogen and oxygen atoms in total. The van der Waals surface area contributed by atoms with Crippen molar-refractivity contribution in [2.75, 3.05) is 6.79 Å². The molecule has 0 amide bonds. The molecule has 4 rings (SSSR count). The van der Waals surface area contributed by atoms with Gasteiger partial charge in [0.25, 0.3) is 0 Å². The molecule has 0 spiro atoms. The molecule has 1 heterocycles. The molecule has 3 aliphatic rings. The largest absolute Gasteiger partial charge is 0.454 e. The van der Waals surface area contributed by atoms with E-state index < -0.39 is 5.41 Å². The Hall–Kier alpha value is -2.30. The SMILES string of the molecule is CC(C)(C)C(=O)O/N=C1\C(=C\c2ccc3c(c2)OCO3)[C@H]2CC[C@@]1(C)C2(C)C. The summed E-state index contributed by atoms with van der Waals surface area (Å²) in [4.78, 5) is 17.7. The van der Waals surface area contributed by atoms with Crippen molar-refractivity contribution in [3.05, 3.63) is 29.3 Å². The van der Waals surface area contributed by atoms with Crippen LogP contribution in [0.3, 0.4) is 0 Å². The van der Waals surface area contributed by atoms with Gasteiger partial charge in [-0.25, -0.2) is 4.79 Å². The third-order valence-electron chi connectivity index (χ3n) is 6.95. The van der Waals surface area contributed by atoms with E-state index in [1.54, 1.807) is 0 Å². The van der Waals surface area contributed by atoms with Crippen molar-refractivity contribution >= 4 is 17.8 Å². The van der Waals surface area contributed by atoms with Crippen LogP contribution in [0.2, 0.25) is 0 Å². The molecule has 1 aromatic rings. The van der Waals surface area contributed by atoms with Crippen LogP contribution in [-0.2, 0) is 9.63 Å². The average Bonchev–Trinajstić information content (AvgIpc) is 3.20. The summed E-state index contributed by atoms with van der Waals surface area (Å²) in [6.45, 7) is 12.6. The van der Waals surface area contributed by atoms with Crippen molar-refractivity contribution < 1.29 is 19.1 Å². The molecule has 2 atom stereocenters. The second kappa shape index (κ2) is 6.10. The number of oxime groups is 1. The normalized spacial score (nSPS) is 30.3. The molecule has 5 heteroatoms. The number of ether oxygens (including phenoxy) is 2. The molecule has 2 fully saturated rings. The first-order chi connectivity index (χ1) is 13.0. The van der Waals surface area contributed by atoms with Crippen LogP contribution in [0.15, 0.2) is 28.9 Å². The van der Waals surface area contributed by atoms with Gasteiger partial charge < -0.3 is 14.3 Å². The van der Waals surface area contributed by atoms with Crippen LogP contribution >= 0.6 is 0 Å². The van der Waals surface area contributed by atoms with Crippen LogP contribution in [0.25, 0.3) is 6.08 Å². The maximum Gasteiger partial charge on any atom is 0.340 e. The fourth-order valence-electron chi connectivity index (χ4n) is 4.68. The van der Waals surface area contributed by atoms with E-state index in [4.69, 9.17) is 14.3 Å². The highest BCUT2D eigenvalue weighted by Gasteiger charge is 2.63. The van der Waals surface area contributed by atoms with Gasteiger partial charge >= 0.3 is 5.97 Å². The van der Waals surface area contributed by atoms with Gasteiger partial charge in [0.05, 0.1) is 11.1 Å². The summed E-state index contributed by atoms with van der Waals surface area (Å²) in [7, 11) is 0. The summed E-state index contributed by atoms with van der Waals surface area (Å²) < 4.78 is 10.9. The lowest BCUT2D eigenvalue weighted by Gasteiger charge is -2.33. The molecule has 1 aliphatic heterocycles. The highest BCUT2D eigenvalue weighted by molar-refractivity contribution is 6.11. The van der Waals surface area contributed by atoms with Gasteiger partial charge in [-0.2, -0.15) is 0 Å².